The summed E-state index contributed by atoms with van der Waals surface area (Å²) in [6, 6.07) is 14.1. The minimum atomic E-state index is -0.317. The molecule has 0 radical (unpaired) electrons. The molecule has 9 heteroatoms. The number of aromatic nitrogens is 4. The average Bonchev–Trinajstić information content (AvgIpc) is 3.32. The largest absolute Gasteiger partial charge is 0.351 e. The van der Waals surface area contributed by atoms with Crippen molar-refractivity contribution in [3.05, 3.63) is 93.9 Å². The van der Waals surface area contributed by atoms with Gasteiger partial charge in [0.2, 0.25) is 5.56 Å². The van der Waals surface area contributed by atoms with Gasteiger partial charge in [0.15, 0.2) is 0 Å². The van der Waals surface area contributed by atoms with E-state index in [1.54, 1.807) is 29.3 Å². The van der Waals surface area contributed by atoms with Crippen molar-refractivity contribution in [1.82, 2.24) is 30.2 Å². The number of carbonyl (C=O) groups is 2. The molecule has 0 spiro atoms. The zero-order valence-electron chi connectivity index (χ0n) is 17.7. The summed E-state index contributed by atoms with van der Waals surface area (Å²) in [5.74, 6) is -0.528. The molecule has 1 unspecified atom stereocenters. The van der Waals surface area contributed by atoms with E-state index in [0.717, 1.165) is 12.0 Å². The number of benzene rings is 1. The fourth-order valence-electron chi connectivity index (χ4n) is 4.39. The SMILES string of the molecule is O=C(NCCC1c2ccccc2CCN1C(=O)c1cccc(=O)[nH]1)c1ncnc2[nH]ccc12. The number of H-pyrrole nitrogens is 2. The second-order valence-electron chi connectivity index (χ2n) is 7.90. The van der Waals surface area contributed by atoms with Crippen LogP contribution in [0.4, 0.5) is 0 Å². The van der Waals surface area contributed by atoms with Crippen LogP contribution in [0.15, 0.2) is 65.8 Å². The predicted octanol–water partition coefficient (Wildman–Crippen LogP) is 2.21. The Hall–Kier alpha value is -4.27. The molecular weight excluding hydrogens is 420 g/mol. The summed E-state index contributed by atoms with van der Waals surface area (Å²) < 4.78 is 0. The van der Waals surface area contributed by atoms with E-state index < -0.39 is 0 Å². The molecule has 1 aliphatic rings. The topological polar surface area (TPSA) is 124 Å². The summed E-state index contributed by atoms with van der Waals surface area (Å²) >= 11 is 0. The standard InChI is InChI=1S/C24H22N6O3/c31-20-7-3-6-18(29-20)24(33)30-13-10-15-4-1-2-5-16(15)19(30)9-12-26-23(32)21-17-8-11-25-22(17)28-14-27-21/h1-8,11,14,19H,9-10,12-13H2,(H,26,32)(H,29,31)(H,25,27,28). The Labute approximate surface area is 188 Å². The zero-order valence-corrected chi connectivity index (χ0v) is 17.7. The number of pyridine rings is 1. The normalized spacial score (nSPS) is 15.3. The summed E-state index contributed by atoms with van der Waals surface area (Å²) in [7, 11) is 0. The van der Waals surface area contributed by atoms with Crippen molar-refractivity contribution in [1.29, 1.82) is 0 Å². The first kappa shape index (κ1) is 20.6. The van der Waals surface area contributed by atoms with Gasteiger partial charge in [0, 0.05) is 25.4 Å². The highest BCUT2D eigenvalue weighted by molar-refractivity contribution is 6.03. The first-order valence-corrected chi connectivity index (χ1v) is 10.8. The van der Waals surface area contributed by atoms with Gasteiger partial charge in [0.05, 0.1) is 11.4 Å². The number of rotatable bonds is 5. The number of nitrogens with zero attached hydrogens (tertiary/aromatic N) is 3. The van der Waals surface area contributed by atoms with E-state index in [1.807, 2.05) is 18.2 Å². The molecule has 1 aliphatic heterocycles. The molecule has 4 heterocycles. The Morgan fingerprint density at radius 3 is 2.85 bits per heavy atom. The van der Waals surface area contributed by atoms with Crippen LogP contribution in [-0.2, 0) is 6.42 Å². The molecule has 0 aliphatic carbocycles. The Bertz CT molecular complexity index is 1390. The van der Waals surface area contributed by atoms with Crippen molar-refractivity contribution in [2.45, 2.75) is 18.9 Å². The van der Waals surface area contributed by atoms with Crippen molar-refractivity contribution in [3.8, 4) is 0 Å². The quantitative estimate of drug-likeness (QED) is 0.437. The van der Waals surface area contributed by atoms with Gasteiger partial charge in [-0.15, -0.1) is 0 Å². The lowest BCUT2D eigenvalue weighted by Gasteiger charge is -2.37. The zero-order chi connectivity index (χ0) is 22.8. The first-order valence-electron chi connectivity index (χ1n) is 10.8. The van der Waals surface area contributed by atoms with Crippen molar-refractivity contribution in [3.63, 3.8) is 0 Å². The molecular formula is C24H22N6O3. The van der Waals surface area contributed by atoms with E-state index in [0.29, 0.717) is 36.2 Å². The third-order valence-electron chi connectivity index (χ3n) is 5.94. The number of fused-ring (bicyclic) bond motifs is 2. The molecule has 1 atom stereocenters. The second kappa shape index (κ2) is 8.70. The van der Waals surface area contributed by atoms with Crippen molar-refractivity contribution < 1.29 is 9.59 Å². The lowest BCUT2D eigenvalue weighted by Crippen LogP contribution is -2.42. The van der Waals surface area contributed by atoms with Crippen LogP contribution in [0.5, 0.6) is 0 Å². The van der Waals surface area contributed by atoms with Crippen LogP contribution in [-0.4, -0.2) is 49.7 Å². The Kier molecular flexibility index (Phi) is 5.43. The van der Waals surface area contributed by atoms with E-state index in [1.165, 1.54) is 18.0 Å². The molecule has 0 bridgehead atoms. The minimum absolute atomic E-state index is 0.232. The van der Waals surface area contributed by atoms with E-state index in [4.69, 9.17) is 0 Å². The molecule has 166 valence electrons. The highest BCUT2D eigenvalue weighted by Gasteiger charge is 2.31. The number of nitrogens with one attached hydrogen (secondary N) is 3. The van der Waals surface area contributed by atoms with Crippen LogP contribution in [0.1, 0.15) is 44.6 Å². The van der Waals surface area contributed by atoms with Crippen molar-refractivity contribution in [2.24, 2.45) is 0 Å². The molecule has 5 rings (SSSR count). The monoisotopic (exact) mass is 442 g/mol. The number of amides is 2. The summed E-state index contributed by atoms with van der Waals surface area (Å²) in [5.41, 5.74) is 3.09. The van der Waals surface area contributed by atoms with Gasteiger partial charge in [0.25, 0.3) is 11.8 Å². The second-order valence-corrected chi connectivity index (χ2v) is 7.90. The smallest absolute Gasteiger partial charge is 0.270 e. The van der Waals surface area contributed by atoms with Crippen LogP contribution in [0.2, 0.25) is 0 Å². The molecule has 3 N–H and O–H groups in total. The molecule has 3 aromatic heterocycles. The summed E-state index contributed by atoms with van der Waals surface area (Å²) in [6.45, 7) is 0.879. The van der Waals surface area contributed by atoms with E-state index in [9.17, 15) is 14.4 Å². The molecule has 9 nitrogen and oxygen atoms in total. The summed E-state index contributed by atoms with van der Waals surface area (Å²) in [5, 5.41) is 3.58. The number of hydrogen-bond donors (Lipinski definition) is 3. The van der Waals surface area contributed by atoms with E-state index >= 15 is 0 Å². The Morgan fingerprint density at radius 1 is 1.09 bits per heavy atom. The Balaban J connectivity index is 1.36. The van der Waals surface area contributed by atoms with Gasteiger partial charge in [-0.05, 0) is 36.1 Å². The van der Waals surface area contributed by atoms with E-state index in [2.05, 4.69) is 31.3 Å². The Morgan fingerprint density at radius 2 is 1.97 bits per heavy atom. The van der Waals surface area contributed by atoms with Gasteiger partial charge < -0.3 is 20.2 Å². The van der Waals surface area contributed by atoms with Crippen LogP contribution in [0.3, 0.4) is 0 Å². The third-order valence-corrected chi connectivity index (χ3v) is 5.94. The fourth-order valence-corrected chi connectivity index (χ4v) is 4.39. The lowest BCUT2D eigenvalue weighted by molar-refractivity contribution is 0.0643. The van der Waals surface area contributed by atoms with Gasteiger partial charge in [0.1, 0.15) is 23.4 Å². The molecule has 2 amide bonds. The van der Waals surface area contributed by atoms with Crippen LogP contribution >= 0.6 is 0 Å². The molecule has 0 saturated carbocycles. The van der Waals surface area contributed by atoms with Crippen molar-refractivity contribution in [2.75, 3.05) is 13.1 Å². The van der Waals surface area contributed by atoms with Crippen molar-refractivity contribution >= 4 is 22.8 Å². The molecule has 4 aromatic rings. The van der Waals surface area contributed by atoms with E-state index in [-0.39, 0.29) is 29.1 Å². The molecule has 0 fully saturated rings. The fraction of sp³-hybridized carbons (Fsp3) is 0.208. The van der Waals surface area contributed by atoms with Gasteiger partial charge >= 0.3 is 0 Å². The molecule has 1 aromatic carbocycles. The van der Waals surface area contributed by atoms with Crippen LogP contribution < -0.4 is 10.9 Å². The maximum absolute atomic E-state index is 13.3. The number of carbonyl (C=O) groups excluding carboxylic acids is 2. The lowest BCUT2D eigenvalue weighted by atomic mass is 9.90. The predicted molar refractivity (Wildman–Crippen MR) is 122 cm³/mol. The van der Waals surface area contributed by atoms with Gasteiger partial charge in [-0.25, -0.2) is 9.97 Å². The van der Waals surface area contributed by atoms with Gasteiger partial charge in [-0.3, -0.25) is 14.4 Å². The number of aromatic amines is 2. The minimum Gasteiger partial charge on any atom is -0.351 e. The maximum atomic E-state index is 13.3. The van der Waals surface area contributed by atoms with Crippen LogP contribution in [0, 0.1) is 0 Å². The summed E-state index contributed by atoms with van der Waals surface area (Å²) in [4.78, 5) is 53.4. The third kappa shape index (κ3) is 4.00. The average molecular weight is 442 g/mol. The summed E-state index contributed by atoms with van der Waals surface area (Å²) in [6.07, 6.45) is 4.32. The van der Waals surface area contributed by atoms with Gasteiger partial charge in [-0.1, -0.05) is 30.3 Å². The maximum Gasteiger partial charge on any atom is 0.270 e. The molecule has 33 heavy (non-hydrogen) atoms. The molecule has 0 saturated heterocycles. The van der Waals surface area contributed by atoms with Crippen LogP contribution in [0.25, 0.3) is 11.0 Å². The van der Waals surface area contributed by atoms with Gasteiger partial charge in [-0.2, -0.15) is 0 Å². The highest BCUT2D eigenvalue weighted by Crippen LogP contribution is 2.32. The first-order chi connectivity index (χ1) is 16.1. The number of hydrogen-bond acceptors (Lipinski definition) is 5. The highest BCUT2D eigenvalue weighted by atomic mass is 16.2.